The first kappa shape index (κ1) is 19.9. The predicted molar refractivity (Wildman–Crippen MR) is 103 cm³/mol. The normalized spacial score (nSPS) is 23.2. The molecule has 2 N–H and O–H groups in total. The maximum Gasteiger partial charge on any atom is 0.325 e. The summed E-state index contributed by atoms with van der Waals surface area (Å²) in [5, 5.41) is 14.7. The Morgan fingerprint density at radius 2 is 2.04 bits per heavy atom. The SMILES string of the molecule is CC(C)[C@](C)(C#N)NC(=O)CN1C(=O)N[C@](C)(c2ccc3c(c2)CCC3)C1=O. The van der Waals surface area contributed by atoms with Crippen LogP contribution in [0.3, 0.4) is 0 Å². The molecule has 4 amide bonds. The van der Waals surface area contributed by atoms with Crippen LogP contribution in [-0.4, -0.2) is 34.8 Å². The van der Waals surface area contributed by atoms with E-state index in [2.05, 4.69) is 16.7 Å². The number of imide groups is 1. The largest absolute Gasteiger partial charge is 0.336 e. The maximum atomic E-state index is 13.0. The molecule has 0 unspecified atom stereocenters. The molecule has 2 aliphatic rings. The lowest BCUT2D eigenvalue weighted by Gasteiger charge is -2.28. The van der Waals surface area contributed by atoms with Gasteiger partial charge in [-0.2, -0.15) is 5.26 Å². The average Bonchev–Trinajstić information content (AvgIpc) is 3.19. The summed E-state index contributed by atoms with van der Waals surface area (Å²) >= 11 is 0. The molecule has 7 nitrogen and oxygen atoms in total. The highest BCUT2D eigenvalue weighted by Gasteiger charge is 2.50. The van der Waals surface area contributed by atoms with E-state index in [1.54, 1.807) is 13.8 Å². The first-order valence-electron chi connectivity index (χ1n) is 9.59. The zero-order chi connectivity index (χ0) is 20.7. The summed E-state index contributed by atoms with van der Waals surface area (Å²) in [6.45, 7) is 6.50. The number of carbonyl (C=O) groups is 3. The van der Waals surface area contributed by atoms with Crippen LogP contribution >= 0.6 is 0 Å². The number of carbonyl (C=O) groups excluding carboxylic acids is 3. The van der Waals surface area contributed by atoms with Crippen molar-refractivity contribution in [2.24, 2.45) is 5.92 Å². The van der Waals surface area contributed by atoms with Gasteiger partial charge in [0.25, 0.3) is 5.91 Å². The molecular formula is C21H26N4O3. The minimum atomic E-state index is -1.20. The quantitative estimate of drug-likeness (QED) is 0.760. The van der Waals surface area contributed by atoms with Crippen molar-refractivity contribution in [2.75, 3.05) is 6.54 Å². The number of rotatable bonds is 5. The van der Waals surface area contributed by atoms with E-state index in [-0.39, 0.29) is 5.92 Å². The highest BCUT2D eigenvalue weighted by atomic mass is 16.2. The van der Waals surface area contributed by atoms with E-state index in [1.807, 2.05) is 32.0 Å². The number of hydrogen-bond donors (Lipinski definition) is 2. The number of benzene rings is 1. The van der Waals surface area contributed by atoms with Gasteiger partial charge >= 0.3 is 6.03 Å². The molecule has 0 bridgehead atoms. The van der Waals surface area contributed by atoms with Crippen LogP contribution in [0, 0.1) is 17.2 Å². The van der Waals surface area contributed by atoms with Crippen LogP contribution in [0.5, 0.6) is 0 Å². The van der Waals surface area contributed by atoms with Gasteiger partial charge in [0, 0.05) is 0 Å². The molecule has 0 radical (unpaired) electrons. The minimum Gasteiger partial charge on any atom is -0.336 e. The molecular weight excluding hydrogens is 356 g/mol. The van der Waals surface area contributed by atoms with Gasteiger partial charge in [0.1, 0.15) is 17.6 Å². The number of amides is 4. The van der Waals surface area contributed by atoms with Gasteiger partial charge in [0.15, 0.2) is 0 Å². The molecule has 1 fully saturated rings. The Kier molecular flexibility index (Phi) is 4.92. The van der Waals surface area contributed by atoms with E-state index in [9.17, 15) is 19.6 Å². The van der Waals surface area contributed by atoms with Gasteiger partial charge in [-0.1, -0.05) is 32.0 Å². The van der Waals surface area contributed by atoms with E-state index in [0.717, 1.165) is 29.7 Å². The van der Waals surface area contributed by atoms with E-state index in [4.69, 9.17) is 0 Å². The summed E-state index contributed by atoms with van der Waals surface area (Å²) in [6.07, 6.45) is 3.09. The lowest BCUT2D eigenvalue weighted by molar-refractivity contribution is -0.135. The second kappa shape index (κ2) is 6.93. The summed E-state index contributed by atoms with van der Waals surface area (Å²) in [6, 6.07) is 7.35. The predicted octanol–water partition coefficient (Wildman–Crippen LogP) is 2.00. The third-order valence-corrected chi connectivity index (χ3v) is 6.04. The molecule has 1 heterocycles. The van der Waals surface area contributed by atoms with Crippen molar-refractivity contribution in [3.8, 4) is 6.07 Å². The number of nitrogens with one attached hydrogen (secondary N) is 2. The third-order valence-electron chi connectivity index (χ3n) is 6.04. The first-order valence-corrected chi connectivity index (χ1v) is 9.59. The molecule has 1 aromatic rings. The fraction of sp³-hybridized carbons (Fsp3) is 0.524. The molecule has 148 valence electrons. The Hall–Kier alpha value is -2.88. The summed E-state index contributed by atoms with van der Waals surface area (Å²) in [7, 11) is 0. The van der Waals surface area contributed by atoms with Crippen molar-refractivity contribution < 1.29 is 14.4 Å². The molecule has 28 heavy (non-hydrogen) atoms. The smallest absolute Gasteiger partial charge is 0.325 e. The monoisotopic (exact) mass is 382 g/mol. The highest BCUT2D eigenvalue weighted by Crippen LogP contribution is 2.32. The van der Waals surface area contributed by atoms with Crippen LogP contribution in [0.15, 0.2) is 18.2 Å². The van der Waals surface area contributed by atoms with Crippen LogP contribution in [-0.2, 0) is 28.0 Å². The Morgan fingerprint density at radius 3 is 2.68 bits per heavy atom. The van der Waals surface area contributed by atoms with Crippen LogP contribution in [0.4, 0.5) is 4.79 Å². The maximum absolute atomic E-state index is 13.0. The molecule has 3 rings (SSSR count). The van der Waals surface area contributed by atoms with Crippen molar-refractivity contribution in [3.05, 3.63) is 34.9 Å². The molecule has 0 saturated carbocycles. The van der Waals surface area contributed by atoms with Gasteiger partial charge < -0.3 is 10.6 Å². The molecule has 2 atom stereocenters. The van der Waals surface area contributed by atoms with Gasteiger partial charge in [-0.05, 0) is 55.7 Å². The van der Waals surface area contributed by atoms with E-state index in [1.165, 1.54) is 11.1 Å². The third kappa shape index (κ3) is 3.24. The Bertz CT molecular complexity index is 888. The van der Waals surface area contributed by atoms with Crippen LogP contribution in [0.1, 0.15) is 50.8 Å². The zero-order valence-corrected chi connectivity index (χ0v) is 16.8. The number of nitrogens with zero attached hydrogens (tertiary/aromatic N) is 2. The fourth-order valence-corrected chi connectivity index (χ4v) is 3.69. The van der Waals surface area contributed by atoms with Gasteiger partial charge in [-0.3, -0.25) is 14.5 Å². The topological polar surface area (TPSA) is 102 Å². The zero-order valence-electron chi connectivity index (χ0n) is 16.8. The number of aryl methyl sites for hydroxylation is 2. The summed E-state index contributed by atoms with van der Waals surface area (Å²) in [5.41, 5.74) is 0.938. The fourth-order valence-electron chi connectivity index (χ4n) is 3.69. The van der Waals surface area contributed by atoms with E-state index < -0.39 is 35.5 Å². The summed E-state index contributed by atoms with van der Waals surface area (Å²) < 4.78 is 0. The number of nitriles is 1. The summed E-state index contributed by atoms with van der Waals surface area (Å²) in [4.78, 5) is 38.9. The molecule has 0 aromatic heterocycles. The van der Waals surface area contributed by atoms with Gasteiger partial charge in [-0.25, -0.2) is 4.79 Å². The molecule has 1 saturated heterocycles. The Labute approximate surface area is 165 Å². The van der Waals surface area contributed by atoms with E-state index in [0.29, 0.717) is 0 Å². The lowest BCUT2D eigenvalue weighted by Crippen LogP contribution is -2.52. The molecule has 1 aliphatic heterocycles. The highest BCUT2D eigenvalue weighted by molar-refractivity contribution is 6.09. The van der Waals surface area contributed by atoms with Crippen molar-refractivity contribution in [2.45, 2.75) is 58.0 Å². The van der Waals surface area contributed by atoms with Crippen molar-refractivity contribution >= 4 is 17.8 Å². The van der Waals surface area contributed by atoms with Gasteiger partial charge in [-0.15, -0.1) is 0 Å². The van der Waals surface area contributed by atoms with Gasteiger partial charge in [0.2, 0.25) is 5.91 Å². The average molecular weight is 382 g/mol. The van der Waals surface area contributed by atoms with Crippen LogP contribution in [0.25, 0.3) is 0 Å². The Balaban J connectivity index is 1.78. The molecule has 0 spiro atoms. The second-order valence-electron chi connectivity index (χ2n) is 8.30. The number of fused-ring (bicyclic) bond motifs is 1. The van der Waals surface area contributed by atoms with Crippen LogP contribution < -0.4 is 10.6 Å². The Morgan fingerprint density at radius 1 is 1.36 bits per heavy atom. The standard InChI is InChI=1S/C21H26N4O3/c1-13(2)20(3,12-22)23-17(26)11-25-18(27)21(4,24-19(25)28)16-9-8-14-6-5-7-15(14)10-16/h8-10,13H,5-7,11H2,1-4H3,(H,23,26)(H,24,28)/t20-,21+/m0/s1. The number of urea groups is 1. The first-order chi connectivity index (χ1) is 13.1. The molecule has 1 aromatic carbocycles. The summed E-state index contributed by atoms with van der Waals surface area (Å²) in [5.74, 6) is -1.13. The second-order valence-corrected chi connectivity index (χ2v) is 8.30. The molecule has 1 aliphatic carbocycles. The van der Waals surface area contributed by atoms with Crippen molar-refractivity contribution in [1.82, 2.24) is 15.5 Å². The van der Waals surface area contributed by atoms with Crippen molar-refractivity contribution in [3.63, 3.8) is 0 Å². The van der Waals surface area contributed by atoms with Crippen LogP contribution in [0.2, 0.25) is 0 Å². The lowest BCUT2D eigenvalue weighted by atomic mass is 9.89. The van der Waals surface area contributed by atoms with Gasteiger partial charge in [0.05, 0.1) is 6.07 Å². The number of hydrogen-bond acceptors (Lipinski definition) is 4. The molecule has 7 heteroatoms. The van der Waals surface area contributed by atoms with E-state index >= 15 is 0 Å². The minimum absolute atomic E-state index is 0.124. The van der Waals surface area contributed by atoms with Crippen molar-refractivity contribution in [1.29, 1.82) is 5.26 Å².